The number of esters is 1. The molecule has 0 radical (unpaired) electrons. The maximum Gasteiger partial charge on any atom is 0.407 e. The number of alkyl carbamates (subject to hydrolysis) is 1. The Labute approximate surface area is 204 Å². The van der Waals surface area contributed by atoms with Gasteiger partial charge < -0.3 is 19.5 Å². The third kappa shape index (κ3) is 9.17. The molecule has 1 N–H and O–H groups in total. The lowest BCUT2D eigenvalue weighted by Gasteiger charge is -2.12. The number of ether oxygens (including phenoxy) is 3. The van der Waals surface area contributed by atoms with Gasteiger partial charge in [0.15, 0.2) is 5.82 Å². The van der Waals surface area contributed by atoms with Crippen molar-refractivity contribution in [3.63, 3.8) is 0 Å². The molecule has 0 saturated heterocycles. The highest BCUT2D eigenvalue weighted by atomic mass is 16.5. The van der Waals surface area contributed by atoms with Crippen LogP contribution in [0.15, 0.2) is 60.7 Å². The van der Waals surface area contributed by atoms with Gasteiger partial charge in [-0.15, -0.1) is 5.10 Å². The van der Waals surface area contributed by atoms with Crippen molar-refractivity contribution in [3.05, 3.63) is 77.6 Å². The highest BCUT2D eigenvalue weighted by Crippen LogP contribution is 2.13. The maximum atomic E-state index is 11.9. The number of benzene rings is 2. The normalized spacial score (nSPS) is 11.6. The highest BCUT2D eigenvalue weighted by Gasteiger charge is 2.15. The Kier molecular flexibility index (Phi) is 10.7. The summed E-state index contributed by atoms with van der Waals surface area (Å²) in [6.45, 7) is 4.17. The predicted octanol–water partition coefficient (Wildman–Crippen LogP) is 3.36. The number of aromatic nitrogens is 4. The van der Waals surface area contributed by atoms with E-state index in [-0.39, 0.29) is 18.5 Å². The molecule has 0 unspecified atom stereocenters. The van der Waals surface area contributed by atoms with E-state index in [4.69, 9.17) is 14.2 Å². The molecule has 1 amide bonds. The zero-order chi connectivity index (χ0) is 24.7. The van der Waals surface area contributed by atoms with Crippen LogP contribution in [-0.2, 0) is 27.4 Å². The summed E-state index contributed by atoms with van der Waals surface area (Å²) in [7, 11) is 0. The van der Waals surface area contributed by atoms with E-state index in [1.54, 1.807) is 28.9 Å². The van der Waals surface area contributed by atoms with Crippen molar-refractivity contribution in [2.24, 2.45) is 0 Å². The van der Waals surface area contributed by atoms with Gasteiger partial charge in [0.2, 0.25) is 0 Å². The standard InChI is InChI=1S/C25H31N5O5/c1-20(18-33-19-21-10-4-2-5-11-21)23-27-28-29-30(23)15-17-35-25(32)26-14-8-9-16-34-24(31)22-12-6-3-7-13-22/h2-7,10-13,20H,8-9,14-19H2,1H3,(H,26,32)/t20-/m1/s1. The summed E-state index contributed by atoms with van der Waals surface area (Å²) in [5.74, 6) is 0.308. The van der Waals surface area contributed by atoms with Crippen LogP contribution < -0.4 is 5.32 Å². The molecule has 3 rings (SSSR count). The highest BCUT2D eigenvalue weighted by molar-refractivity contribution is 5.89. The molecule has 0 bridgehead atoms. The minimum absolute atomic E-state index is 0.0152. The van der Waals surface area contributed by atoms with Crippen LogP contribution in [0.2, 0.25) is 0 Å². The molecule has 0 aliphatic rings. The summed E-state index contributed by atoms with van der Waals surface area (Å²) in [6.07, 6.45) is 0.784. The monoisotopic (exact) mass is 481 g/mol. The fourth-order valence-corrected chi connectivity index (χ4v) is 3.24. The molecule has 10 nitrogen and oxygen atoms in total. The Morgan fingerprint density at radius 3 is 2.49 bits per heavy atom. The van der Waals surface area contributed by atoms with Crippen molar-refractivity contribution in [1.29, 1.82) is 0 Å². The van der Waals surface area contributed by atoms with Gasteiger partial charge in [-0.25, -0.2) is 14.3 Å². The minimum atomic E-state index is -0.514. The average Bonchev–Trinajstić information content (AvgIpc) is 3.36. The smallest absolute Gasteiger partial charge is 0.407 e. The summed E-state index contributed by atoms with van der Waals surface area (Å²) in [5.41, 5.74) is 1.63. The molecule has 0 saturated carbocycles. The van der Waals surface area contributed by atoms with Gasteiger partial charge in [-0.05, 0) is 41.0 Å². The largest absolute Gasteiger partial charge is 0.462 e. The molecule has 0 spiro atoms. The van der Waals surface area contributed by atoms with Crippen LogP contribution in [0.25, 0.3) is 0 Å². The second-order valence-electron chi connectivity index (χ2n) is 7.93. The van der Waals surface area contributed by atoms with Crippen molar-refractivity contribution in [1.82, 2.24) is 25.5 Å². The summed E-state index contributed by atoms with van der Waals surface area (Å²) >= 11 is 0. The van der Waals surface area contributed by atoms with E-state index in [0.717, 1.165) is 5.56 Å². The Morgan fingerprint density at radius 2 is 1.71 bits per heavy atom. The van der Waals surface area contributed by atoms with Crippen LogP contribution in [0.3, 0.4) is 0 Å². The van der Waals surface area contributed by atoms with Gasteiger partial charge in [0, 0.05) is 12.5 Å². The number of hydrogen-bond acceptors (Lipinski definition) is 8. The van der Waals surface area contributed by atoms with Gasteiger partial charge in [0.1, 0.15) is 6.61 Å². The van der Waals surface area contributed by atoms with Crippen molar-refractivity contribution < 1.29 is 23.8 Å². The molecule has 35 heavy (non-hydrogen) atoms. The SMILES string of the molecule is C[C@H](COCc1ccccc1)c1nnnn1CCOC(=O)NCCCCOC(=O)c1ccccc1. The topological polar surface area (TPSA) is 117 Å². The first-order valence-corrected chi connectivity index (χ1v) is 11.6. The lowest BCUT2D eigenvalue weighted by molar-refractivity contribution is 0.0497. The number of tetrazole rings is 1. The van der Waals surface area contributed by atoms with Crippen LogP contribution in [0, 0.1) is 0 Å². The molecule has 1 atom stereocenters. The number of nitrogens with zero attached hydrogens (tertiary/aromatic N) is 4. The van der Waals surface area contributed by atoms with Crippen LogP contribution in [0.4, 0.5) is 4.79 Å². The Bertz CT molecular complexity index is 1030. The summed E-state index contributed by atoms with van der Waals surface area (Å²) in [6, 6.07) is 18.8. The van der Waals surface area contributed by atoms with Crippen molar-refractivity contribution in [3.8, 4) is 0 Å². The number of hydrogen-bond donors (Lipinski definition) is 1. The summed E-state index contributed by atoms with van der Waals surface area (Å²) < 4.78 is 17.8. The fraction of sp³-hybridized carbons (Fsp3) is 0.400. The number of carbonyl (C=O) groups excluding carboxylic acids is 2. The van der Waals surface area contributed by atoms with E-state index in [1.165, 1.54) is 0 Å². The lowest BCUT2D eigenvalue weighted by Crippen LogP contribution is -2.27. The van der Waals surface area contributed by atoms with Crippen LogP contribution >= 0.6 is 0 Å². The van der Waals surface area contributed by atoms with Crippen molar-refractivity contribution in [2.75, 3.05) is 26.4 Å². The van der Waals surface area contributed by atoms with Gasteiger partial charge in [0.05, 0.1) is 31.9 Å². The first-order valence-electron chi connectivity index (χ1n) is 11.6. The molecule has 3 aromatic rings. The molecule has 186 valence electrons. The number of carbonyl (C=O) groups is 2. The van der Waals surface area contributed by atoms with Gasteiger partial charge >= 0.3 is 12.1 Å². The predicted molar refractivity (Wildman–Crippen MR) is 128 cm³/mol. The summed E-state index contributed by atoms with van der Waals surface area (Å²) in [4.78, 5) is 23.7. The molecule has 0 aliphatic heterocycles. The number of amides is 1. The van der Waals surface area contributed by atoms with Crippen molar-refractivity contribution >= 4 is 12.1 Å². The molecule has 0 aliphatic carbocycles. The second-order valence-corrected chi connectivity index (χ2v) is 7.93. The van der Waals surface area contributed by atoms with Gasteiger partial charge in [-0.2, -0.15) is 0 Å². The van der Waals surface area contributed by atoms with Gasteiger partial charge in [0.25, 0.3) is 0 Å². The van der Waals surface area contributed by atoms with Crippen LogP contribution in [0.5, 0.6) is 0 Å². The Balaban J connectivity index is 1.25. The first kappa shape index (κ1) is 25.8. The van der Waals surface area contributed by atoms with E-state index < -0.39 is 6.09 Å². The molecule has 1 aromatic heterocycles. The average molecular weight is 482 g/mol. The van der Waals surface area contributed by atoms with Gasteiger partial charge in [-0.3, -0.25) is 0 Å². The fourth-order valence-electron chi connectivity index (χ4n) is 3.24. The van der Waals surface area contributed by atoms with Crippen LogP contribution in [-0.4, -0.2) is 58.6 Å². The molecule has 1 heterocycles. The minimum Gasteiger partial charge on any atom is -0.462 e. The van der Waals surface area contributed by atoms with Gasteiger partial charge in [-0.1, -0.05) is 55.5 Å². The quantitative estimate of drug-likeness (QED) is 0.275. The molecular weight excluding hydrogens is 450 g/mol. The zero-order valence-corrected chi connectivity index (χ0v) is 19.8. The van der Waals surface area contributed by atoms with E-state index in [2.05, 4.69) is 20.8 Å². The van der Waals surface area contributed by atoms with Crippen LogP contribution in [0.1, 0.15) is 47.4 Å². The number of unbranched alkanes of at least 4 members (excludes halogenated alkanes) is 1. The first-order chi connectivity index (χ1) is 17.1. The summed E-state index contributed by atoms with van der Waals surface area (Å²) in [5, 5.41) is 14.5. The molecule has 2 aromatic carbocycles. The molecule has 10 heteroatoms. The maximum absolute atomic E-state index is 11.9. The van der Waals surface area contributed by atoms with E-state index in [0.29, 0.717) is 57.1 Å². The molecular formula is C25H31N5O5. The molecule has 0 fully saturated rings. The second kappa shape index (κ2) is 14.5. The Hall–Kier alpha value is -3.79. The Morgan fingerprint density at radius 1 is 0.971 bits per heavy atom. The number of rotatable bonds is 14. The number of nitrogens with one attached hydrogen (secondary N) is 1. The van der Waals surface area contributed by atoms with Crippen molar-refractivity contribution in [2.45, 2.75) is 38.8 Å². The van der Waals surface area contributed by atoms with E-state index in [9.17, 15) is 9.59 Å². The third-order valence-corrected chi connectivity index (χ3v) is 5.10. The third-order valence-electron chi connectivity index (χ3n) is 5.10. The van der Waals surface area contributed by atoms with E-state index >= 15 is 0 Å². The van der Waals surface area contributed by atoms with E-state index in [1.807, 2.05) is 43.3 Å². The zero-order valence-electron chi connectivity index (χ0n) is 19.8. The lowest BCUT2D eigenvalue weighted by atomic mass is 10.2.